The van der Waals surface area contributed by atoms with Gasteiger partial charge in [-0.25, -0.2) is 4.98 Å². The van der Waals surface area contributed by atoms with Crippen molar-refractivity contribution in [2.45, 2.75) is 32.2 Å². The molecule has 4 nitrogen and oxygen atoms in total. The minimum Gasteiger partial charge on any atom is -0.356 e. The maximum Gasteiger partial charge on any atom is 0.217 e. The van der Waals surface area contributed by atoms with E-state index in [0.717, 1.165) is 31.7 Å². The number of aromatic nitrogens is 1. The van der Waals surface area contributed by atoms with E-state index in [1.165, 1.54) is 0 Å². The van der Waals surface area contributed by atoms with Gasteiger partial charge in [0.25, 0.3) is 0 Å². The number of hydrogen-bond acceptors (Lipinski definition) is 3. The van der Waals surface area contributed by atoms with Crippen LogP contribution in [0.1, 0.15) is 26.7 Å². The minimum absolute atomic E-state index is 0.0341. The molecule has 0 radical (unpaired) electrons. The topological polar surface area (TPSA) is 45.2 Å². The van der Waals surface area contributed by atoms with Crippen molar-refractivity contribution in [2.24, 2.45) is 0 Å². The lowest BCUT2D eigenvalue weighted by molar-refractivity contribution is -0.120. The summed E-state index contributed by atoms with van der Waals surface area (Å²) in [7, 11) is 0. The van der Waals surface area contributed by atoms with Gasteiger partial charge >= 0.3 is 0 Å². The molecule has 1 aliphatic heterocycles. The van der Waals surface area contributed by atoms with E-state index in [1.807, 2.05) is 12.1 Å². The number of pyridine rings is 1. The monoisotopic (exact) mass is 267 g/mol. The van der Waals surface area contributed by atoms with Gasteiger partial charge in [0.2, 0.25) is 5.91 Å². The molecule has 0 saturated carbocycles. The van der Waals surface area contributed by atoms with Crippen LogP contribution < -0.4 is 10.2 Å². The Bertz CT molecular complexity index is 442. The Morgan fingerprint density at radius 2 is 2.11 bits per heavy atom. The highest BCUT2D eigenvalue weighted by Crippen LogP contribution is 2.25. The van der Waals surface area contributed by atoms with Crippen molar-refractivity contribution in [3.8, 4) is 0 Å². The highest BCUT2D eigenvalue weighted by atomic mass is 35.5. The molecule has 0 atom stereocenters. The molecular formula is C13H18ClN3O. The summed E-state index contributed by atoms with van der Waals surface area (Å²) in [5.41, 5.74) is -0.0963. The summed E-state index contributed by atoms with van der Waals surface area (Å²) in [6.07, 6.45) is 1.83. The molecule has 2 rings (SSSR count). The number of piperidine rings is 1. The zero-order valence-corrected chi connectivity index (χ0v) is 11.5. The van der Waals surface area contributed by atoms with Gasteiger partial charge in [-0.1, -0.05) is 17.7 Å². The lowest BCUT2D eigenvalue weighted by atomic mass is 9.89. The van der Waals surface area contributed by atoms with E-state index in [-0.39, 0.29) is 11.4 Å². The molecule has 0 unspecified atom stereocenters. The largest absolute Gasteiger partial charge is 0.356 e. The van der Waals surface area contributed by atoms with Crippen LogP contribution in [0, 0.1) is 0 Å². The summed E-state index contributed by atoms with van der Waals surface area (Å²) >= 11 is 5.89. The fraction of sp³-hybridized carbons (Fsp3) is 0.538. The lowest BCUT2D eigenvalue weighted by Crippen LogP contribution is -2.53. The Kier molecular flexibility index (Phi) is 3.76. The summed E-state index contributed by atoms with van der Waals surface area (Å²) in [5.74, 6) is 0.944. The third kappa shape index (κ3) is 3.13. The van der Waals surface area contributed by atoms with Crippen LogP contribution in [0.4, 0.5) is 5.82 Å². The molecule has 0 bridgehead atoms. The van der Waals surface area contributed by atoms with E-state index in [1.54, 1.807) is 13.0 Å². The molecule has 0 aromatic carbocycles. The Labute approximate surface area is 112 Å². The molecule has 1 N–H and O–H groups in total. The first kappa shape index (κ1) is 13.1. The smallest absolute Gasteiger partial charge is 0.217 e. The zero-order chi connectivity index (χ0) is 13.2. The first-order valence-corrected chi connectivity index (χ1v) is 6.53. The fourth-order valence-electron chi connectivity index (χ4n) is 2.35. The van der Waals surface area contributed by atoms with E-state index in [0.29, 0.717) is 5.15 Å². The predicted molar refractivity (Wildman–Crippen MR) is 72.9 cm³/mol. The van der Waals surface area contributed by atoms with Gasteiger partial charge in [0.1, 0.15) is 11.0 Å². The summed E-state index contributed by atoms with van der Waals surface area (Å²) in [4.78, 5) is 17.7. The predicted octanol–water partition coefficient (Wildman–Crippen LogP) is 2.23. The molecule has 1 aromatic rings. The Morgan fingerprint density at radius 1 is 1.44 bits per heavy atom. The lowest BCUT2D eigenvalue weighted by Gasteiger charge is -2.40. The van der Waals surface area contributed by atoms with Crippen LogP contribution in [-0.4, -0.2) is 29.5 Å². The average Bonchev–Trinajstić information content (AvgIpc) is 2.28. The van der Waals surface area contributed by atoms with Crippen molar-refractivity contribution in [3.05, 3.63) is 23.4 Å². The molecule has 5 heteroatoms. The van der Waals surface area contributed by atoms with Crippen molar-refractivity contribution >= 4 is 23.3 Å². The number of amides is 1. The van der Waals surface area contributed by atoms with Gasteiger partial charge in [-0.15, -0.1) is 0 Å². The van der Waals surface area contributed by atoms with Gasteiger partial charge in [-0.05, 0) is 31.9 Å². The van der Waals surface area contributed by atoms with Gasteiger partial charge in [-0.3, -0.25) is 4.79 Å². The second-order valence-corrected chi connectivity index (χ2v) is 5.43. The van der Waals surface area contributed by atoms with Gasteiger partial charge in [0.05, 0.1) is 0 Å². The van der Waals surface area contributed by atoms with Gasteiger partial charge in [0.15, 0.2) is 0 Å². The van der Waals surface area contributed by atoms with Gasteiger partial charge in [-0.2, -0.15) is 0 Å². The first-order valence-electron chi connectivity index (χ1n) is 6.15. The van der Waals surface area contributed by atoms with Gasteiger partial charge in [0, 0.05) is 25.6 Å². The average molecular weight is 268 g/mol. The number of nitrogens with zero attached hydrogens (tertiary/aromatic N) is 2. The van der Waals surface area contributed by atoms with E-state index in [2.05, 4.69) is 22.1 Å². The molecule has 1 amide bonds. The van der Waals surface area contributed by atoms with Crippen molar-refractivity contribution < 1.29 is 4.79 Å². The number of rotatable bonds is 2. The Morgan fingerprint density at radius 3 is 2.67 bits per heavy atom. The molecule has 0 aliphatic carbocycles. The second kappa shape index (κ2) is 5.14. The molecule has 1 aromatic heterocycles. The van der Waals surface area contributed by atoms with E-state index >= 15 is 0 Å². The number of nitrogens with one attached hydrogen (secondary N) is 1. The van der Waals surface area contributed by atoms with Crippen LogP contribution in [0.2, 0.25) is 5.15 Å². The number of hydrogen-bond donors (Lipinski definition) is 1. The summed E-state index contributed by atoms with van der Waals surface area (Å²) in [6, 6.07) is 5.65. The highest BCUT2D eigenvalue weighted by molar-refractivity contribution is 6.29. The van der Waals surface area contributed by atoms with Crippen LogP contribution >= 0.6 is 11.6 Å². The normalized spacial score (nSPS) is 18.5. The Hall–Kier alpha value is -1.29. The first-order chi connectivity index (χ1) is 8.48. The number of carbonyl (C=O) groups is 1. The van der Waals surface area contributed by atoms with Crippen LogP contribution in [0.3, 0.4) is 0 Å². The zero-order valence-electron chi connectivity index (χ0n) is 10.7. The fourth-order valence-corrected chi connectivity index (χ4v) is 2.51. The number of halogens is 1. The molecule has 1 aliphatic rings. The van der Waals surface area contributed by atoms with Crippen LogP contribution in [0.15, 0.2) is 18.2 Å². The molecule has 2 heterocycles. The van der Waals surface area contributed by atoms with E-state index < -0.39 is 0 Å². The van der Waals surface area contributed by atoms with Gasteiger partial charge < -0.3 is 10.2 Å². The molecule has 1 saturated heterocycles. The SMILES string of the molecule is CC(=O)NC1(C)CCN(c2cccc(Cl)n2)CC1. The highest BCUT2D eigenvalue weighted by Gasteiger charge is 2.31. The Balaban J connectivity index is 2.00. The van der Waals surface area contributed by atoms with Crippen LogP contribution in [-0.2, 0) is 4.79 Å². The molecule has 1 fully saturated rings. The van der Waals surface area contributed by atoms with Crippen molar-refractivity contribution in [1.29, 1.82) is 0 Å². The quantitative estimate of drug-likeness (QED) is 0.836. The third-order valence-electron chi connectivity index (χ3n) is 3.37. The van der Waals surface area contributed by atoms with Crippen molar-refractivity contribution in [3.63, 3.8) is 0 Å². The molecule has 0 spiro atoms. The number of carbonyl (C=O) groups excluding carboxylic acids is 1. The van der Waals surface area contributed by atoms with Crippen LogP contribution in [0.5, 0.6) is 0 Å². The maximum absolute atomic E-state index is 11.2. The van der Waals surface area contributed by atoms with Crippen molar-refractivity contribution in [2.75, 3.05) is 18.0 Å². The summed E-state index contributed by atoms with van der Waals surface area (Å²) in [5, 5.41) is 3.55. The standard InChI is InChI=1S/C13H18ClN3O/c1-10(18)16-13(2)6-8-17(9-7-13)12-5-3-4-11(14)15-12/h3-5H,6-9H2,1-2H3,(H,16,18). The molecular weight excluding hydrogens is 250 g/mol. The van der Waals surface area contributed by atoms with E-state index in [4.69, 9.17) is 11.6 Å². The van der Waals surface area contributed by atoms with Crippen molar-refractivity contribution in [1.82, 2.24) is 10.3 Å². The second-order valence-electron chi connectivity index (χ2n) is 5.05. The molecule has 18 heavy (non-hydrogen) atoms. The summed E-state index contributed by atoms with van der Waals surface area (Å²) in [6.45, 7) is 5.42. The summed E-state index contributed by atoms with van der Waals surface area (Å²) < 4.78 is 0. The van der Waals surface area contributed by atoms with Crippen LogP contribution in [0.25, 0.3) is 0 Å². The van der Waals surface area contributed by atoms with E-state index in [9.17, 15) is 4.79 Å². The third-order valence-corrected chi connectivity index (χ3v) is 3.58. The number of anilines is 1. The minimum atomic E-state index is -0.0963. The maximum atomic E-state index is 11.2. The molecule has 98 valence electrons.